The van der Waals surface area contributed by atoms with Gasteiger partial charge in [-0.1, -0.05) is 13.8 Å². The summed E-state index contributed by atoms with van der Waals surface area (Å²) >= 11 is 0. The smallest absolute Gasteiger partial charge is 0.0198 e. The van der Waals surface area contributed by atoms with Crippen LogP contribution in [0.25, 0.3) is 0 Å². The minimum atomic E-state index is 0.742. The molecule has 1 saturated carbocycles. The van der Waals surface area contributed by atoms with Gasteiger partial charge >= 0.3 is 0 Å². The zero-order chi connectivity index (χ0) is 10.1. The van der Waals surface area contributed by atoms with Crippen LogP contribution < -0.4 is 5.32 Å². The summed E-state index contributed by atoms with van der Waals surface area (Å²) in [7, 11) is 0. The summed E-state index contributed by atoms with van der Waals surface area (Å²) in [4.78, 5) is 2.73. The molecule has 0 spiro atoms. The Kier molecular flexibility index (Phi) is 3.13. The van der Waals surface area contributed by atoms with Gasteiger partial charge < -0.3 is 5.32 Å². The van der Waals surface area contributed by atoms with Crippen molar-refractivity contribution >= 4 is 0 Å². The molecule has 1 aliphatic carbocycles. The Bertz CT molecular complexity index is 187. The molecule has 14 heavy (non-hydrogen) atoms. The maximum Gasteiger partial charge on any atom is 0.0198 e. The Labute approximate surface area is 88.1 Å². The van der Waals surface area contributed by atoms with Crippen LogP contribution in [-0.2, 0) is 0 Å². The number of rotatable bonds is 3. The molecule has 0 bridgehead atoms. The van der Waals surface area contributed by atoms with E-state index in [1.807, 2.05) is 0 Å². The fourth-order valence-electron chi connectivity index (χ4n) is 2.60. The lowest BCUT2D eigenvalue weighted by molar-refractivity contribution is 0.124. The van der Waals surface area contributed by atoms with Crippen molar-refractivity contribution < 1.29 is 0 Å². The summed E-state index contributed by atoms with van der Waals surface area (Å²) in [5.41, 5.74) is 0. The van der Waals surface area contributed by atoms with E-state index in [0.29, 0.717) is 0 Å². The molecule has 1 N–H and O–H groups in total. The van der Waals surface area contributed by atoms with E-state index >= 15 is 0 Å². The van der Waals surface area contributed by atoms with Gasteiger partial charge in [0.15, 0.2) is 0 Å². The number of nitrogens with one attached hydrogen (secondary N) is 1. The number of hydrogen-bond acceptors (Lipinski definition) is 2. The van der Waals surface area contributed by atoms with Crippen LogP contribution in [0.4, 0.5) is 0 Å². The van der Waals surface area contributed by atoms with Crippen LogP contribution in [0.1, 0.15) is 40.0 Å². The van der Waals surface area contributed by atoms with Gasteiger partial charge in [-0.2, -0.15) is 0 Å². The minimum absolute atomic E-state index is 0.742. The first-order valence-electron chi connectivity index (χ1n) is 6.16. The van der Waals surface area contributed by atoms with Crippen molar-refractivity contribution in [3.63, 3.8) is 0 Å². The van der Waals surface area contributed by atoms with Crippen LogP contribution in [0.3, 0.4) is 0 Å². The van der Waals surface area contributed by atoms with Crippen molar-refractivity contribution in [2.24, 2.45) is 5.92 Å². The largest absolute Gasteiger partial charge is 0.311 e. The van der Waals surface area contributed by atoms with Gasteiger partial charge in [-0.25, -0.2) is 0 Å². The van der Waals surface area contributed by atoms with Crippen molar-refractivity contribution in [1.82, 2.24) is 10.2 Å². The second-order valence-corrected chi connectivity index (χ2v) is 5.51. The lowest BCUT2D eigenvalue weighted by atomic mass is 10.00. The van der Waals surface area contributed by atoms with Gasteiger partial charge in [-0.15, -0.1) is 0 Å². The zero-order valence-electron chi connectivity index (χ0n) is 9.79. The molecular formula is C12H24N2. The van der Waals surface area contributed by atoms with Crippen molar-refractivity contribution in [3.05, 3.63) is 0 Å². The third-order valence-corrected chi connectivity index (χ3v) is 3.47. The molecule has 1 heterocycles. The maximum absolute atomic E-state index is 3.67. The molecule has 1 aliphatic heterocycles. The summed E-state index contributed by atoms with van der Waals surface area (Å²) in [5, 5.41) is 3.67. The molecule has 2 rings (SSSR count). The van der Waals surface area contributed by atoms with Crippen molar-refractivity contribution in [3.8, 4) is 0 Å². The minimum Gasteiger partial charge on any atom is -0.311 e. The molecule has 2 aliphatic rings. The second kappa shape index (κ2) is 4.19. The molecule has 82 valence electrons. The molecule has 0 radical (unpaired) electrons. The lowest BCUT2D eigenvalue weighted by Gasteiger charge is -2.39. The summed E-state index contributed by atoms with van der Waals surface area (Å²) in [5.74, 6) is 0.821. The molecule has 2 unspecified atom stereocenters. The fourth-order valence-corrected chi connectivity index (χ4v) is 2.60. The Morgan fingerprint density at radius 1 is 1.36 bits per heavy atom. The van der Waals surface area contributed by atoms with Crippen molar-refractivity contribution in [1.29, 1.82) is 0 Å². The first-order valence-corrected chi connectivity index (χ1v) is 6.16. The Hall–Kier alpha value is -0.0800. The Morgan fingerprint density at radius 3 is 2.64 bits per heavy atom. The zero-order valence-corrected chi connectivity index (χ0v) is 9.79. The summed E-state index contributed by atoms with van der Waals surface area (Å²) in [6.07, 6.45) is 4.22. The van der Waals surface area contributed by atoms with Gasteiger partial charge in [0.1, 0.15) is 0 Å². The highest BCUT2D eigenvalue weighted by molar-refractivity contribution is 4.93. The summed E-state index contributed by atoms with van der Waals surface area (Å²) in [6.45, 7) is 9.47. The SMILES string of the molecule is CC(C)CC1CN(C2CC2)C(C)CN1. The van der Waals surface area contributed by atoms with E-state index in [4.69, 9.17) is 0 Å². The van der Waals surface area contributed by atoms with Gasteiger partial charge in [0.2, 0.25) is 0 Å². The standard InChI is InChI=1S/C12H24N2/c1-9(2)6-11-8-14(12-4-5-12)10(3)7-13-11/h9-13H,4-8H2,1-3H3. The van der Waals surface area contributed by atoms with E-state index < -0.39 is 0 Å². The summed E-state index contributed by atoms with van der Waals surface area (Å²) in [6, 6.07) is 2.43. The third-order valence-electron chi connectivity index (χ3n) is 3.47. The number of piperazine rings is 1. The van der Waals surface area contributed by atoms with Crippen LogP contribution in [0.2, 0.25) is 0 Å². The molecule has 2 nitrogen and oxygen atoms in total. The number of hydrogen-bond donors (Lipinski definition) is 1. The monoisotopic (exact) mass is 196 g/mol. The van der Waals surface area contributed by atoms with Gasteiger partial charge in [-0.3, -0.25) is 4.90 Å². The quantitative estimate of drug-likeness (QED) is 0.741. The van der Waals surface area contributed by atoms with Crippen LogP contribution in [0, 0.1) is 5.92 Å². The van der Waals surface area contributed by atoms with Crippen molar-refractivity contribution in [2.45, 2.75) is 58.2 Å². The van der Waals surface area contributed by atoms with E-state index in [9.17, 15) is 0 Å². The highest BCUT2D eigenvalue weighted by Crippen LogP contribution is 2.30. The normalized spacial score (nSPS) is 35.1. The predicted octanol–water partition coefficient (Wildman–Crippen LogP) is 1.86. The van der Waals surface area contributed by atoms with Crippen molar-refractivity contribution in [2.75, 3.05) is 13.1 Å². The Balaban J connectivity index is 1.85. The summed E-state index contributed by atoms with van der Waals surface area (Å²) < 4.78 is 0. The third kappa shape index (κ3) is 2.48. The average molecular weight is 196 g/mol. The highest BCUT2D eigenvalue weighted by atomic mass is 15.3. The van der Waals surface area contributed by atoms with Crippen LogP contribution in [0.5, 0.6) is 0 Å². The average Bonchev–Trinajstić information content (AvgIpc) is 2.90. The Morgan fingerprint density at radius 2 is 2.07 bits per heavy atom. The van der Waals surface area contributed by atoms with Gasteiger partial charge in [0.25, 0.3) is 0 Å². The lowest BCUT2D eigenvalue weighted by Crippen LogP contribution is -2.56. The first-order chi connectivity index (χ1) is 6.66. The molecule has 2 heteroatoms. The molecular weight excluding hydrogens is 172 g/mol. The topological polar surface area (TPSA) is 15.3 Å². The molecule has 0 aromatic rings. The second-order valence-electron chi connectivity index (χ2n) is 5.51. The maximum atomic E-state index is 3.67. The van der Waals surface area contributed by atoms with Gasteiger partial charge in [0, 0.05) is 31.2 Å². The highest BCUT2D eigenvalue weighted by Gasteiger charge is 2.35. The van der Waals surface area contributed by atoms with E-state index in [1.54, 1.807) is 0 Å². The van der Waals surface area contributed by atoms with Crippen LogP contribution in [-0.4, -0.2) is 36.1 Å². The number of nitrogens with zero attached hydrogens (tertiary/aromatic N) is 1. The molecule has 2 fully saturated rings. The van der Waals surface area contributed by atoms with Crippen LogP contribution in [0.15, 0.2) is 0 Å². The first kappa shape index (κ1) is 10.4. The molecule has 0 aromatic heterocycles. The molecule has 0 amide bonds. The van der Waals surface area contributed by atoms with E-state index in [-0.39, 0.29) is 0 Å². The molecule has 0 aromatic carbocycles. The van der Waals surface area contributed by atoms with Gasteiger partial charge in [-0.05, 0) is 32.1 Å². The molecule has 2 atom stereocenters. The fraction of sp³-hybridized carbons (Fsp3) is 1.00. The molecule has 1 saturated heterocycles. The predicted molar refractivity (Wildman–Crippen MR) is 60.4 cm³/mol. The van der Waals surface area contributed by atoms with Crippen LogP contribution >= 0.6 is 0 Å². The van der Waals surface area contributed by atoms with E-state index in [0.717, 1.165) is 24.0 Å². The van der Waals surface area contributed by atoms with E-state index in [2.05, 4.69) is 31.0 Å². The van der Waals surface area contributed by atoms with Gasteiger partial charge in [0.05, 0.1) is 0 Å². The van der Waals surface area contributed by atoms with E-state index in [1.165, 1.54) is 32.4 Å².